The molecule has 0 aromatic carbocycles. The highest BCUT2D eigenvalue weighted by Crippen LogP contribution is 2.29. The van der Waals surface area contributed by atoms with E-state index in [9.17, 15) is 13.2 Å². The highest BCUT2D eigenvalue weighted by atomic mass is 32.2. The summed E-state index contributed by atoms with van der Waals surface area (Å²) in [6.45, 7) is 1.85. The van der Waals surface area contributed by atoms with Crippen LogP contribution in [0.5, 0.6) is 0 Å². The number of aromatic nitrogens is 2. The molecule has 1 aliphatic heterocycles. The van der Waals surface area contributed by atoms with E-state index in [4.69, 9.17) is 0 Å². The van der Waals surface area contributed by atoms with Gasteiger partial charge in [0.05, 0.1) is 28.8 Å². The smallest absolute Gasteiger partial charge is 0.153 e. The van der Waals surface area contributed by atoms with E-state index in [0.29, 0.717) is 18.3 Å². The summed E-state index contributed by atoms with van der Waals surface area (Å²) in [7, 11) is -2.95. The van der Waals surface area contributed by atoms with Crippen LogP contribution in [0.1, 0.15) is 23.7 Å². The second-order valence-corrected chi connectivity index (χ2v) is 6.36. The second kappa shape index (κ2) is 3.16. The summed E-state index contributed by atoms with van der Waals surface area (Å²) in [5.74, 6) is 0.291. The zero-order valence-electron chi connectivity index (χ0n) is 8.38. The summed E-state index contributed by atoms with van der Waals surface area (Å²) in [4.78, 5) is 10.5. The Morgan fingerprint density at radius 1 is 1.60 bits per heavy atom. The van der Waals surface area contributed by atoms with Gasteiger partial charge in [0.2, 0.25) is 0 Å². The quantitative estimate of drug-likeness (QED) is 0.679. The lowest BCUT2D eigenvalue weighted by atomic mass is 10.0. The van der Waals surface area contributed by atoms with Gasteiger partial charge in [-0.2, -0.15) is 5.10 Å². The highest BCUT2D eigenvalue weighted by molar-refractivity contribution is 7.91. The number of hydrogen-bond donors (Lipinski definition) is 0. The van der Waals surface area contributed by atoms with Gasteiger partial charge in [-0.1, -0.05) is 0 Å². The molecule has 82 valence electrons. The molecule has 0 N–H and O–H groups in total. The summed E-state index contributed by atoms with van der Waals surface area (Å²) in [6, 6.07) is 0. The Hall–Kier alpha value is -1.17. The van der Waals surface area contributed by atoms with Crippen LogP contribution in [0.25, 0.3) is 0 Å². The molecule has 2 rings (SSSR count). The first kappa shape index (κ1) is 10.4. The largest absolute Gasteiger partial charge is 0.298 e. The topological polar surface area (TPSA) is 69.0 Å². The zero-order valence-corrected chi connectivity index (χ0v) is 9.20. The first-order valence-electron chi connectivity index (χ1n) is 4.66. The van der Waals surface area contributed by atoms with Crippen LogP contribution in [0.4, 0.5) is 0 Å². The van der Waals surface area contributed by atoms with Crippen molar-refractivity contribution in [3.63, 3.8) is 0 Å². The third-order valence-electron chi connectivity index (χ3n) is 2.77. The molecule has 0 amide bonds. The van der Waals surface area contributed by atoms with Crippen molar-refractivity contribution in [2.45, 2.75) is 18.9 Å². The Morgan fingerprint density at radius 3 is 2.80 bits per heavy atom. The fourth-order valence-electron chi connectivity index (χ4n) is 1.87. The van der Waals surface area contributed by atoms with Gasteiger partial charge in [0, 0.05) is 6.20 Å². The normalized spacial score (nSPS) is 29.1. The van der Waals surface area contributed by atoms with E-state index in [-0.39, 0.29) is 11.5 Å². The molecule has 1 fully saturated rings. The SMILES string of the molecule is C[C@]1(n2cc(C=O)cn2)CCS(=O)(=O)C1. The van der Waals surface area contributed by atoms with Crippen molar-refractivity contribution in [3.05, 3.63) is 18.0 Å². The van der Waals surface area contributed by atoms with Gasteiger partial charge in [-0.25, -0.2) is 8.42 Å². The van der Waals surface area contributed by atoms with E-state index in [1.165, 1.54) is 6.20 Å². The highest BCUT2D eigenvalue weighted by Gasteiger charge is 2.40. The van der Waals surface area contributed by atoms with Crippen LogP contribution in [0, 0.1) is 0 Å². The van der Waals surface area contributed by atoms with Gasteiger partial charge >= 0.3 is 0 Å². The molecule has 0 radical (unpaired) electrons. The lowest BCUT2D eigenvalue weighted by molar-refractivity contribution is 0.112. The van der Waals surface area contributed by atoms with E-state index in [1.54, 1.807) is 10.9 Å². The summed E-state index contributed by atoms with van der Waals surface area (Å²) >= 11 is 0. The number of hydrogen-bond acceptors (Lipinski definition) is 4. The van der Waals surface area contributed by atoms with Crippen molar-refractivity contribution in [1.29, 1.82) is 0 Å². The Balaban J connectivity index is 2.35. The predicted octanol–water partition coefficient (Wildman–Crippen LogP) is 0.229. The van der Waals surface area contributed by atoms with Gasteiger partial charge in [-0.3, -0.25) is 9.48 Å². The van der Waals surface area contributed by atoms with Gasteiger partial charge in [0.1, 0.15) is 0 Å². The standard InChI is InChI=1S/C9H12N2O3S/c1-9(2-3-15(13,14)7-9)11-5-8(6-12)4-10-11/h4-6H,2-3,7H2,1H3/t9-/m0/s1. The molecular weight excluding hydrogens is 216 g/mol. The number of nitrogens with zero attached hydrogens (tertiary/aromatic N) is 2. The minimum atomic E-state index is -2.95. The Morgan fingerprint density at radius 2 is 2.33 bits per heavy atom. The predicted molar refractivity (Wildman–Crippen MR) is 54.5 cm³/mol. The van der Waals surface area contributed by atoms with Crippen LogP contribution >= 0.6 is 0 Å². The fourth-order valence-corrected chi connectivity index (χ4v) is 3.99. The number of sulfone groups is 1. The molecule has 0 saturated carbocycles. The molecule has 0 bridgehead atoms. The monoisotopic (exact) mass is 228 g/mol. The van der Waals surface area contributed by atoms with Crippen molar-refractivity contribution in [2.75, 3.05) is 11.5 Å². The van der Waals surface area contributed by atoms with E-state index in [0.717, 1.165) is 0 Å². The van der Waals surface area contributed by atoms with Crippen LogP contribution in [0.2, 0.25) is 0 Å². The maximum atomic E-state index is 11.4. The van der Waals surface area contributed by atoms with Gasteiger partial charge in [0.25, 0.3) is 0 Å². The van der Waals surface area contributed by atoms with Gasteiger partial charge in [-0.05, 0) is 13.3 Å². The van der Waals surface area contributed by atoms with Crippen LogP contribution in [-0.2, 0) is 15.4 Å². The van der Waals surface area contributed by atoms with E-state index >= 15 is 0 Å². The minimum absolute atomic E-state index is 0.0972. The molecule has 5 nitrogen and oxygen atoms in total. The number of aldehydes is 1. The molecule has 1 saturated heterocycles. The first-order chi connectivity index (χ1) is 6.95. The first-order valence-corrected chi connectivity index (χ1v) is 6.48. The fraction of sp³-hybridized carbons (Fsp3) is 0.556. The van der Waals surface area contributed by atoms with Crippen LogP contribution < -0.4 is 0 Å². The van der Waals surface area contributed by atoms with Crippen LogP contribution in [0.15, 0.2) is 12.4 Å². The summed E-state index contributed by atoms with van der Waals surface area (Å²) in [6.07, 6.45) is 4.29. The second-order valence-electron chi connectivity index (χ2n) is 4.18. The molecule has 0 aliphatic carbocycles. The summed E-state index contributed by atoms with van der Waals surface area (Å²) in [5, 5.41) is 4.03. The third-order valence-corrected chi connectivity index (χ3v) is 4.66. The molecular formula is C9H12N2O3S. The molecule has 6 heteroatoms. The van der Waals surface area contributed by atoms with Crippen molar-refractivity contribution in [3.8, 4) is 0 Å². The summed E-state index contributed by atoms with van der Waals surface area (Å²) < 4.78 is 24.4. The van der Waals surface area contributed by atoms with Crippen molar-refractivity contribution < 1.29 is 13.2 Å². The van der Waals surface area contributed by atoms with Crippen LogP contribution in [-0.4, -0.2) is 36.0 Å². The Bertz CT molecular complexity index is 491. The van der Waals surface area contributed by atoms with Gasteiger partial charge < -0.3 is 0 Å². The molecule has 0 spiro atoms. The molecule has 0 unspecified atom stereocenters. The maximum Gasteiger partial charge on any atom is 0.153 e. The molecule has 1 aromatic rings. The number of carbonyl (C=O) groups is 1. The molecule has 1 atom stereocenters. The van der Waals surface area contributed by atoms with E-state index in [1.807, 2.05) is 6.92 Å². The maximum absolute atomic E-state index is 11.4. The zero-order chi connectivity index (χ0) is 11.1. The minimum Gasteiger partial charge on any atom is -0.298 e. The Kier molecular flexibility index (Phi) is 2.18. The van der Waals surface area contributed by atoms with Crippen LogP contribution in [0.3, 0.4) is 0 Å². The Labute approximate surface area is 88.0 Å². The molecule has 15 heavy (non-hydrogen) atoms. The lowest BCUT2D eigenvalue weighted by Gasteiger charge is -2.22. The third kappa shape index (κ3) is 1.81. The van der Waals surface area contributed by atoms with E-state index < -0.39 is 15.4 Å². The lowest BCUT2D eigenvalue weighted by Crippen LogP contribution is -2.31. The van der Waals surface area contributed by atoms with Crippen molar-refractivity contribution >= 4 is 16.1 Å². The average molecular weight is 228 g/mol. The molecule has 1 aliphatic rings. The molecule has 2 heterocycles. The van der Waals surface area contributed by atoms with E-state index in [2.05, 4.69) is 5.10 Å². The van der Waals surface area contributed by atoms with Gasteiger partial charge in [0.15, 0.2) is 16.1 Å². The van der Waals surface area contributed by atoms with Gasteiger partial charge in [-0.15, -0.1) is 0 Å². The molecule has 1 aromatic heterocycles. The number of carbonyl (C=O) groups excluding carboxylic acids is 1. The number of rotatable bonds is 2. The summed E-state index contributed by atoms with van der Waals surface area (Å²) in [5.41, 5.74) is -0.0272. The van der Waals surface area contributed by atoms with Crippen molar-refractivity contribution in [2.24, 2.45) is 0 Å². The van der Waals surface area contributed by atoms with Crippen molar-refractivity contribution in [1.82, 2.24) is 9.78 Å². The average Bonchev–Trinajstić information content (AvgIpc) is 2.71.